The number of aliphatic imine (C=N–C) groups is 1. The summed E-state index contributed by atoms with van der Waals surface area (Å²) >= 11 is 1.79. The smallest absolute Gasteiger partial charge is 0.188 e. The van der Waals surface area contributed by atoms with Crippen molar-refractivity contribution in [3.05, 3.63) is 22.4 Å². The molecule has 3 nitrogen and oxygen atoms in total. The Bertz CT molecular complexity index is 432. The molecule has 0 bridgehead atoms. The molecular formula is C15H23N3S. The number of nitrogens with zero attached hydrogens (tertiary/aromatic N) is 1. The van der Waals surface area contributed by atoms with Crippen LogP contribution in [0, 0.1) is 5.41 Å². The van der Waals surface area contributed by atoms with Crippen molar-refractivity contribution in [2.45, 2.75) is 51.0 Å². The molecule has 0 aromatic carbocycles. The summed E-state index contributed by atoms with van der Waals surface area (Å²) in [6.45, 7) is 0.791. The maximum absolute atomic E-state index is 6.02. The Morgan fingerprint density at radius 3 is 2.89 bits per heavy atom. The SMILES string of the molecule is NC(=NCCc1cccs1)NC1CCC12CCCC2. The van der Waals surface area contributed by atoms with Gasteiger partial charge in [-0.1, -0.05) is 18.9 Å². The van der Waals surface area contributed by atoms with E-state index in [1.165, 1.54) is 43.4 Å². The third-order valence-electron chi connectivity index (χ3n) is 4.81. The van der Waals surface area contributed by atoms with Crippen LogP contribution < -0.4 is 11.1 Å². The highest BCUT2D eigenvalue weighted by molar-refractivity contribution is 7.09. The van der Waals surface area contributed by atoms with E-state index in [9.17, 15) is 0 Å². The lowest BCUT2D eigenvalue weighted by molar-refractivity contribution is 0.0872. The summed E-state index contributed by atoms with van der Waals surface area (Å²) in [5, 5.41) is 5.57. The Morgan fingerprint density at radius 2 is 2.26 bits per heavy atom. The maximum atomic E-state index is 6.02. The molecule has 104 valence electrons. The van der Waals surface area contributed by atoms with E-state index in [2.05, 4.69) is 27.8 Å². The highest BCUT2D eigenvalue weighted by Crippen LogP contribution is 2.53. The molecule has 2 saturated carbocycles. The van der Waals surface area contributed by atoms with Gasteiger partial charge in [-0.05, 0) is 42.5 Å². The number of nitrogens with one attached hydrogen (secondary N) is 1. The van der Waals surface area contributed by atoms with E-state index in [1.54, 1.807) is 11.3 Å². The number of hydrogen-bond acceptors (Lipinski definition) is 2. The predicted molar refractivity (Wildman–Crippen MR) is 81.6 cm³/mol. The topological polar surface area (TPSA) is 50.4 Å². The molecule has 2 fully saturated rings. The molecule has 1 heterocycles. The minimum atomic E-state index is 0.563. The van der Waals surface area contributed by atoms with Crippen LogP contribution in [0.15, 0.2) is 22.5 Å². The van der Waals surface area contributed by atoms with Crippen LogP contribution in [-0.2, 0) is 6.42 Å². The standard InChI is InChI=1S/C15H23N3S/c16-14(17-10-6-12-4-3-11-19-12)18-13-5-9-15(13)7-1-2-8-15/h3-4,11,13H,1-2,5-10H2,(H3,16,17,18). The number of thiophene rings is 1. The van der Waals surface area contributed by atoms with Crippen molar-refractivity contribution in [1.82, 2.24) is 5.32 Å². The summed E-state index contributed by atoms with van der Waals surface area (Å²) in [5.74, 6) is 0.646. The lowest BCUT2D eigenvalue weighted by atomic mass is 9.63. The molecule has 1 spiro atoms. The Balaban J connectivity index is 1.46. The van der Waals surface area contributed by atoms with Gasteiger partial charge < -0.3 is 11.1 Å². The monoisotopic (exact) mass is 277 g/mol. The average molecular weight is 277 g/mol. The average Bonchev–Trinajstić information content (AvgIpc) is 3.06. The second kappa shape index (κ2) is 5.53. The zero-order valence-corrected chi connectivity index (χ0v) is 12.2. The molecule has 3 N–H and O–H groups in total. The normalized spacial score (nSPS) is 25.5. The van der Waals surface area contributed by atoms with Crippen molar-refractivity contribution < 1.29 is 0 Å². The van der Waals surface area contributed by atoms with Gasteiger partial charge in [0.15, 0.2) is 5.96 Å². The van der Waals surface area contributed by atoms with Crippen molar-refractivity contribution in [2.75, 3.05) is 6.54 Å². The van der Waals surface area contributed by atoms with E-state index in [0.717, 1.165) is 13.0 Å². The Kier molecular flexibility index (Phi) is 3.78. The molecule has 3 rings (SSSR count). The van der Waals surface area contributed by atoms with E-state index in [4.69, 9.17) is 5.73 Å². The van der Waals surface area contributed by atoms with Gasteiger partial charge in [-0.25, -0.2) is 0 Å². The first-order valence-corrected chi connectivity index (χ1v) is 8.25. The van der Waals surface area contributed by atoms with Crippen LogP contribution in [0.4, 0.5) is 0 Å². The number of nitrogens with two attached hydrogens (primary N) is 1. The maximum Gasteiger partial charge on any atom is 0.188 e. The van der Waals surface area contributed by atoms with Gasteiger partial charge in [0.1, 0.15) is 0 Å². The summed E-state index contributed by atoms with van der Waals surface area (Å²) in [6.07, 6.45) is 9.20. The van der Waals surface area contributed by atoms with Crippen molar-refractivity contribution >= 4 is 17.3 Å². The summed E-state index contributed by atoms with van der Waals surface area (Å²) in [7, 11) is 0. The Labute approximate surface area is 119 Å². The van der Waals surface area contributed by atoms with Gasteiger partial charge in [-0.2, -0.15) is 0 Å². The van der Waals surface area contributed by atoms with E-state index in [1.807, 2.05) is 0 Å². The van der Waals surface area contributed by atoms with Gasteiger partial charge in [0, 0.05) is 23.9 Å². The van der Waals surface area contributed by atoms with Gasteiger partial charge in [-0.3, -0.25) is 4.99 Å². The van der Waals surface area contributed by atoms with Crippen molar-refractivity contribution in [3.63, 3.8) is 0 Å². The summed E-state index contributed by atoms with van der Waals surface area (Å²) in [6, 6.07) is 4.83. The third kappa shape index (κ3) is 2.78. The molecule has 2 aliphatic rings. The fourth-order valence-corrected chi connectivity index (χ4v) is 4.26. The summed E-state index contributed by atoms with van der Waals surface area (Å²) in [4.78, 5) is 5.85. The molecule has 1 aromatic rings. The molecule has 0 amide bonds. The molecule has 1 unspecified atom stereocenters. The third-order valence-corrected chi connectivity index (χ3v) is 5.75. The zero-order valence-electron chi connectivity index (χ0n) is 11.4. The second-order valence-corrected chi connectivity index (χ2v) is 6.93. The van der Waals surface area contributed by atoms with Crippen molar-refractivity contribution in [1.29, 1.82) is 0 Å². The molecule has 0 aliphatic heterocycles. The van der Waals surface area contributed by atoms with Crippen molar-refractivity contribution in [2.24, 2.45) is 16.1 Å². The van der Waals surface area contributed by atoms with Gasteiger partial charge in [0.05, 0.1) is 0 Å². The van der Waals surface area contributed by atoms with Crippen LogP contribution in [0.2, 0.25) is 0 Å². The van der Waals surface area contributed by atoms with Crippen LogP contribution in [-0.4, -0.2) is 18.5 Å². The second-order valence-electron chi connectivity index (χ2n) is 5.90. The summed E-state index contributed by atoms with van der Waals surface area (Å²) < 4.78 is 0. The fraction of sp³-hybridized carbons (Fsp3) is 0.667. The largest absolute Gasteiger partial charge is 0.370 e. The molecule has 0 radical (unpaired) electrons. The van der Waals surface area contributed by atoms with Crippen LogP contribution in [0.1, 0.15) is 43.4 Å². The van der Waals surface area contributed by atoms with Crippen LogP contribution in [0.3, 0.4) is 0 Å². The first kappa shape index (κ1) is 13.0. The van der Waals surface area contributed by atoms with Crippen LogP contribution >= 0.6 is 11.3 Å². The number of guanidine groups is 1. The zero-order chi connectivity index (χ0) is 13.1. The fourth-order valence-electron chi connectivity index (χ4n) is 3.57. The lowest BCUT2D eigenvalue weighted by Gasteiger charge is -2.47. The van der Waals surface area contributed by atoms with E-state index < -0.39 is 0 Å². The minimum absolute atomic E-state index is 0.563. The van der Waals surface area contributed by atoms with E-state index >= 15 is 0 Å². The van der Waals surface area contributed by atoms with E-state index in [-0.39, 0.29) is 0 Å². The molecule has 4 heteroatoms. The van der Waals surface area contributed by atoms with Gasteiger partial charge >= 0.3 is 0 Å². The molecule has 0 saturated heterocycles. The molecule has 2 aliphatic carbocycles. The Morgan fingerprint density at radius 1 is 1.42 bits per heavy atom. The van der Waals surface area contributed by atoms with Gasteiger partial charge in [0.2, 0.25) is 0 Å². The predicted octanol–water partition coefficient (Wildman–Crippen LogP) is 2.92. The highest BCUT2D eigenvalue weighted by atomic mass is 32.1. The minimum Gasteiger partial charge on any atom is -0.370 e. The highest BCUT2D eigenvalue weighted by Gasteiger charge is 2.48. The molecular weight excluding hydrogens is 254 g/mol. The Hall–Kier alpha value is -1.03. The van der Waals surface area contributed by atoms with Crippen LogP contribution in [0.5, 0.6) is 0 Å². The number of rotatable bonds is 4. The molecule has 19 heavy (non-hydrogen) atoms. The first-order chi connectivity index (χ1) is 9.28. The quantitative estimate of drug-likeness (QED) is 0.657. The summed E-state index contributed by atoms with van der Waals surface area (Å²) in [5.41, 5.74) is 6.58. The first-order valence-electron chi connectivity index (χ1n) is 7.37. The molecule has 1 atom stereocenters. The van der Waals surface area contributed by atoms with Crippen molar-refractivity contribution in [3.8, 4) is 0 Å². The van der Waals surface area contributed by atoms with Crippen LogP contribution in [0.25, 0.3) is 0 Å². The lowest BCUT2D eigenvalue weighted by Crippen LogP contribution is -2.55. The van der Waals surface area contributed by atoms with Gasteiger partial charge in [0.25, 0.3) is 0 Å². The number of hydrogen-bond donors (Lipinski definition) is 2. The van der Waals surface area contributed by atoms with Gasteiger partial charge in [-0.15, -0.1) is 11.3 Å². The van der Waals surface area contributed by atoms with E-state index in [0.29, 0.717) is 17.4 Å². The molecule has 1 aromatic heterocycles.